The SMILES string of the molecule is C=CC(=O)OCC[N+](C)(CC)CC.COC(=O)[O-]. The van der Waals surface area contributed by atoms with Crippen molar-refractivity contribution >= 4 is 12.1 Å². The molecular formula is C12H23NO5. The van der Waals surface area contributed by atoms with Crippen LogP contribution < -0.4 is 5.11 Å². The zero-order valence-electron chi connectivity index (χ0n) is 11.6. The van der Waals surface area contributed by atoms with Crippen molar-refractivity contribution in [1.82, 2.24) is 0 Å². The lowest BCUT2D eigenvalue weighted by molar-refractivity contribution is -0.906. The summed E-state index contributed by atoms with van der Waals surface area (Å²) >= 11 is 0. The maximum absolute atomic E-state index is 10.7. The Labute approximate surface area is 108 Å². The number of likely N-dealkylation sites (N-methyl/N-ethyl adjacent to an activating group) is 1. The van der Waals surface area contributed by atoms with Crippen molar-refractivity contribution in [3.63, 3.8) is 0 Å². The molecular weight excluding hydrogens is 238 g/mol. The summed E-state index contributed by atoms with van der Waals surface area (Å²) in [6.45, 7) is 11.1. The summed E-state index contributed by atoms with van der Waals surface area (Å²) in [6.07, 6.45) is -0.299. The summed E-state index contributed by atoms with van der Waals surface area (Å²) in [5.74, 6) is -0.334. The highest BCUT2D eigenvalue weighted by Crippen LogP contribution is 2.00. The maximum Gasteiger partial charge on any atom is 0.330 e. The van der Waals surface area contributed by atoms with Gasteiger partial charge in [0.05, 0.1) is 20.1 Å². The van der Waals surface area contributed by atoms with Gasteiger partial charge in [-0.3, -0.25) is 0 Å². The minimum absolute atomic E-state index is 0.334. The monoisotopic (exact) mass is 261 g/mol. The first-order valence-corrected chi connectivity index (χ1v) is 5.72. The Morgan fingerprint density at radius 2 is 1.78 bits per heavy atom. The fourth-order valence-electron chi connectivity index (χ4n) is 0.965. The van der Waals surface area contributed by atoms with Gasteiger partial charge < -0.3 is 23.9 Å². The van der Waals surface area contributed by atoms with Gasteiger partial charge in [0, 0.05) is 13.2 Å². The molecule has 0 spiro atoms. The lowest BCUT2D eigenvalue weighted by atomic mass is 10.4. The second-order valence-electron chi connectivity index (χ2n) is 3.80. The standard InChI is InChI=1S/C10H20NO2.C2H4O3/c1-5-10(12)13-9-8-11(4,6-2)7-3;1-5-2(3)4/h5H,1,6-9H2,2-4H3;1H3,(H,3,4)/q+1;/p-1. The third-order valence-electron chi connectivity index (χ3n) is 2.74. The topological polar surface area (TPSA) is 75.7 Å². The number of ether oxygens (including phenoxy) is 2. The van der Waals surface area contributed by atoms with Gasteiger partial charge >= 0.3 is 5.97 Å². The van der Waals surface area contributed by atoms with Crippen LogP contribution in [0.25, 0.3) is 0 Å². The number of rotatable bonds is 6. The average molecular weight is 261 g/mol. The fourth-order valence-corrected chi connectivity index (χ4v) is 0.965. The van der Waals surface area contributed by atoms with E-state index < -0.39 is 6.16 Å². The summed E-state index contributed by atoms with van der Waals surface area (Å²) in [4.78, 5) is 19.8. The van der Waals surface area contributed by atoms with Crippen molar-refractivity contribution in [2.75, 3.05) is 40.4 Å². The first-order chi connectivity index (χ1) is 8.35. The van der Waals surface area contributed by atoms with E-state index in [1.54, 1.807) is 0 Å². The van der Waals surface area contributed by atoms with Gasteiger partial charge in [0.2, 0.25) is 0 Å². The second kappa shape index (κ2) is 10.6. The molecule has 0 saturated carbocycles. The van der Waals surface area contributed by atoms with Crippen LogP contribution in [0, 0.1) is 0 Å². The predicted octanol–water partition coefficient (Wildman–Crippen LogP) is 0.178. The van der Waals surface area contributed by atoms with E-state index in [1.165, 1.54) is 6.08 Å². The summed E-state index contributed by atoms with van der Waals surface area (Å²) in [6, 6.07) is 0. The van der Waals surface area contributed by atoms with Crippen LogP contribution in [0.1, 0.15) is 13.8 Å². The number of methoxy groups -OCH3 is 1. The molecule has 0 N–H and O–H groups in total. The lowest BCUT2D eigenvalue weighted by Crippen LogP contribution is -2.46. The average Bonchev–Trinajstić information content (AvgIpc) is 2.38. The smallest absolute Gasteiger partial charge is 0.330 e. The number of hydrogen-bond donors (Lipinski definition) is 0. The number of quaternary nitrogens is 1. The molecule has 0 radical (unpaired) electrons. The van der Waals surface area contributed by atoms with Gasteiger partial charge in [0.1, 0.15) is 13.2 Å². The Morgan fingerprint density at radius 1 is 1.33 bits per heavy atom. The Hall–Kier alpha value is -1.56. The Morgan fingerprint density at radius 3 is 2.06 bits per heavy atom. The molecule has 6 nitrogen and oxygen atoms in total. The van der Waals surface area contributed by atoms with E-state index in [-0.39, 0.29) is 5.97 Å². The van der Waals surface area contributed by atoms with Crippen LogP contribution in [0.3, 0.4) is 0 Å². The van der Waals surface area contributed by atoms with Gasteiger partial charge in [0.25, 0.3) is 6.16 Å². The Balaban J connectivity index is 0. The Bertz CT molecular complexity index is 261. The molecule has 0 aromatic rings. The van der Waals surface area contributed by atoms with Gasteiger partial charge in [-0.05, 0) is 13.8 Å². The zero-order chi connectivity index (χ0) is 14.6. The van der Waals surface area contributed by atoms with Crippen molar-refractivity contribution < 1.29 is 28.7 Å². The molecule has 0 amide bonds. The summed E-state index contributed by atoms with van der Waals surface area (Å²) < 4.78 is 9.41. The highest BCUT2D eigenvalue weighted by Gasteiger charge is 2.16. The molecule has 0 aromatic carbocycles. The number of hydrogen-bond acceptors (Lipinski definition) is 5. The second-order valence-corrected chi connectivity index (χ2v) is 3.80. The van der Waals surface area contributed by atoms with Crippen LogP contribution in [-0.2, 0) is 14.3 Å². The first kappa shape index (κ1) is 18.8. The number of esters is 1. The maximum atomic E-state index is 10.7. The molecule has 0 unspecified atom stereocenters. The van der Waals surface area contributed by atoms with Crippen molar-refractivity contribution in [1.29, 1.82) is 0 Å². The van der Waals surface area contributed by atoms with Gasteiger partial charge in [-0.1, -0.05) is 6.58 Å². The van der Waals surface area contributed by atoms with E-state index in [0.717, 1.165) is 31.2 Å². The summed E-state index contributed by atoms with van der Waals surface area (Å²) in [5, 5.41) is 9.03. The van der Waals surface area contributed by atoms with Crippen molar-refractivity contribution in [3.8, 4) is 0 Å². The molecule has 106 valence electrons. The Kier molecular flexibility index (Phi) is 11.1. The van der Waals surface area contributed by atoms with Gasteiger partial charge in [-0.2, -0.15) is 0 Å². The molecule has 0 aliphatic rings. The molecule has 0 atom stereocenters. The highest BCUT2D eigenvalue weighted by atomic mass is 16.6. The summed E-state index contributed by atoms with van der Waals surface area (Å²) in [7, 11) is 3.19. The van der Waals surface area contributed by atoms with E-state index in [2.05, 4.69) is 32.2 Å². The van der Waals surface area contributed by atoms with E-state index >= 15 is 0 Å². The van der Waals surface area contributed by atoms with Crippen molar-refractivity contribution in [2.45, 2.75) is 13.8 Å². The van der Waals surface area contributed by atoms with Crippen LogP contribution in [0.5, 0.6) is 0 Å². The number of carbonyl (C=O) groups excluding carboxylic acids is 2. The molecule has 0 aromatic heterocycles. The fraction of sp³-hybridized carbons (Fsp3) is 0.667. The molecule has 0 saturated heterocycles. The molecule has 0 fully saturated rings. The van der Waals surface area contributed by atoms with E-state index in [9.17, 15) is 4.79 Å². The number of nitrogens with zero attached hydrogens (tertiary/aromatic N) is 1. The molecule has 6 heteroatoms. The number of carboxylic acid groups (broad SMARTS) is 1. The first-order valence-electron chi connectivity index (χ1n) is 5.72. The zero-order valence-corrected chi connectivity index (χ0v) is 11.6. The molecule has 18 heavy (non-hydrogen) atoms. The van der Waals surface area contributed by atoms with E-state index in [1.807, 2.05) is 0 Å². The number of carbonyl (C=O) groups is 2. The molecule has 0 aliphatic heterocycles. The molecule has 0 rings (SSSR count). The van der Waals surface area contributed by atoms with Crippen molar-refractivity contribution in [2.24, 2.45) is 0 Å². The summed E-state index contributed by atoms with van der Waals surface area (Å²) in [5.41, 5.74) is 0. The third-order valence-corrected chi connectivity index (χ3v) is 2.74. The highest BCUT2D eigenvalue weighted by molar-refractivity contribution is 5.81. The molecule has 0 aliphatic carbocycles. The largest absolute Gasteiger partial charge is 0.553 e. The van der Waals surface area contributed by atoms with Crippen molar-refractivity contribution in [3.05, 3.63) is 12.7 Å². The van der Waals surface area contributed by atoms with Gasteiger partial charge in [-0.15, -0.1) is 0 Å². The van der Waals surface area contributed by atoms with Crippen LogP contribution in [0.2, 0.25) is 0 Å². The molecule has 0 heterocycles. The minimum Gasteiger partial charge on any atom is -0.553 e. The van der Waals surface area contributed by atoms with Gasteiger partial charge in [0.15, 0.2) is 0 Å². The van der Waals surface area contributed by atoms with Crippen LogP contribution in [-0.4, -0.2) is 57.0 Å². The quantitative estimate of drug-likeness (QED) is 0.387. The lowest BCUT2D eigenvalue weighted by Gasteiger charge is -2.31. The minimum atomic E-state index is -1.50. The van der Waals surface area contributed by atoms with E-state index in [4.69, 9.17) is 14.6 Å². The van der Waals surface area contributed by atoms with Crippen LogP contribution in [0.4, 0.5) is 4.79 Å². The third kappa shape index (κ3) is 10.9. The predicted molar refractivity (Wildman–Crippen MR) is 65.7 cm³/mol. The van der Waals surface area contributed by atoms with E-state index in [0.29, 0.717) is 6.61 Å². The normalized spacial score (nSPS) is 9.78. The van der Waals surface area contributed by atoms with Gasteiger partial charge in [-0.25, -0.2) is 4.79 Å². The van der Waals surface area contributed by atoms with Crippen LogP contribution in [0.15, 0.2) is 12.7 Å². The van der Waals surface area contributed by atoms with Crippen LogP contribution >= 0.6 is 0 Å². The molecule has 0 bridgehead atoms.